The molecule has 6 N–H and O–H groups in total. The number of hydrogen-bond acceptors (Lipinski definition) is 4. The maximum atomic E-state index is 8.88. The van der Waals surface area contributed by atoms with Crippen molar-refractivity contribution in [1.29, 1.82) is 0 Å². The van der Waals surface area contributed by atoms with Crippen molar-refractivity contribution in [2.45, 2.75) is 0 Å². The average Bonchev–Trinajstić information content (AvgIpc) is 1.59. The Balaban J connectivity index is -0.0000000292. The molecule has 8 nitrogen and oxygen atoms in total. The molecule has 0 bridgehead atoms. The van der Waals surface area contributed by atoms with Crippen molar-refractivity contribution < 1.29 is 77.4 Å². The van der Waals surface area contributed by atoms with E-state index >= 15 is 0 Å². The third kappa shape index (κ3) is 523. The van der Waals surface area contributed by atoms with Crippen LogP contribution in [0.1, 0.15) is 0 Å². The van der Waals surface area contributed by atoms with Crippen LogP contribution < -0.4 is 0 Å². The van der Waals surface area contributed by atoms with Crippen LogP contribution >= 0.6 is 39.0 Å². The molecule has 14 heteroatoms. The molecule has 0 unspecified atom stereocenters. The quantitative estimate of drug-likeness (QED) is 0.112. The van der Waals surface area contributed by atoms with Crippen LogP contribution in [0.25, 0.3) is 0 Å². The van der Waals surface area contributed by atoms with Crippen molar-refractivity contribution in [1.82, 2.24) is 0 Å². The van der Waals surface area contributed by atoms with Crippen LogP contribution in [-0.2, 0) is 48.1 Å². The van der Waals surface area contributed by atoms with Crippen LogP contribution in [0.15, 0.2) is 0 Å². The summed E-state index contributed by atoms with van der Waals surface area (Å²) in [5.41, 5.74) is 0. The van der Waals surface area contributed by atoms with E-state index in [1.54, 1.807) is 0 Å². The van der Waals surface area contributed by atoms with Gasteiger partial charge >= 0.3 is 15.6 Å². The first-order chi connectivity index (χ1) is 5.00. The topological polar surface area (TPSA) is 156 Å². The normalized spacial score (nSPS) is 8.86. The van der Waals surface area contributed by atoms with Crippen LogP contribution in [0, 0.1) is 0 Å². The van der Waals surface area contributed by atoms with Crippen LogP contribution in [0.5, 0.6) is 0 Å². The van der Waals surface area contributed by atoms with E-state index in [-0.39, 0.29) is 39.0 Å². The first-order valence-corrected chi connectivity index (χ1v) is 6.50. The largest absolute Gasteiger partial charge is 0.466 e. The Bertz CT molecular complexity index is 136. The van der Waals surface area contributed by atoms with E-state index < -0.39 is 15.6 Å². The van der Waals surface area contributed by atoms with Gasteiger partial charge in [0.25, 0.3) is 0 Å². The summed E-state index contributed by atoms with van der Waals surface area (Å²) >= 11 is 6.44. The minimum absolute atomic E-state index is 0. The van der Waals surface area contributed by atoms with Crippen molar-refractivity contribution >= 4 is 39.0 Å². The third-order valence-electron chi connectivity index (χ3n) is 0. The van der Waals surface area contributed by atoms with Crippen LogP contribution in [-0.4, -0.2) is 29.4 Å². The fraction of sp³-hybridized carbons (Fsp3) is 0. The number of thiol groups is 2. The fourth-order valence-electron chi connectivity index (χ4n) is 0. The molecular formula is H8O8P2S2Zn2. The van der Waals surface area contributed by atoms with Crippen molar-refractivity contribution in [3.05, 3.63) is 0 Å². The Morgan fingerprint density at radius 3 is 0.643 bits per heavy atom. The van der Waals surface area contributed by atoms with Crippen LogP contribution in [0.3, 0.4) is 0 Å². The molecule has 0 atom stereocenters. The molecule has 82 valence electrons. The van der Waals surface area contributed by atoms with E-state index in [2.05, 4.69) is 23.3 Å². The zero-order valence-corrected chi connectivity index (χ0v) is 16.2. The number of hydrogen-bond donors (Lipinski definition) is 8. The van der Waals surface area contributed by atoms with Gasteiger partial charge in [-0.1, -0.05) is 0 Å². The Morgan fingerprint density at radius 2 is 0.643 bits per heavy atom. The molecule has 0 aromatic rings. The van der Waals surface area contributed by atoms with Gasteiger partial charge in [-0.3, -0.25) is 0 Å². The summed E-state index contributed by atoms with van der Waals surface area (Å²) in [4.78, 5) is 43.1. The van der Waals surface area contributed by atoms with Crippen LogP contribution in [0.2, 0.25) is 0 Å². The maximum absolute atomic E-state index is 8.88. The van der Waals surface area contributed by atoms with E-state index in [1.807, 2.05) is 0 Å². The molecule has 0 fully saturated rings. The Labute approximate surface area is 116 Å². The molecule has 0 saturated heterocycles. The third-order valence-corrected chi connectivity index (χ3v) is 0. The van der Waals surface area contributed by atoms with Crippen molar-refractivity contribution in [3.8, 4) is 0 Å². The van der Waals surface area contributed by atoms with Crippen molar-refractivity contribution in [2.24, 2.45) is 0 Å². The molecule has 0 aliphatic carbocycles. The average molecular weight is 393 g/mol. The summed E-state index contributed by atoms with van der Waals surface area (Å²) in [7, 11) is -9.28. The first kappa shape index (κ1) is 29.8. The second-order valence-electron chi connectivity index (χ2n) is 1.03. The smallest absolute Gasteiger partial charge is 0.303 e. The second-order valence-corrected chi connectivity index (χ2v) is 3.08. The Kier molecular flexibility index (Phi) is 32.3. The monoisotopic (exact) mass is 390 g/mol. The van der Waals surface area contributed by atoms with Gasteiger partial charge in [-0.15, -0.1) is 23.3 Å². The minimum Gasteiger partial charge on any atom is -0.303 e. The van der Waals surface area contributed by atoms with Gasteiger partial charge in [-0.2, -0.15) is 0 Å². The molecule has 0 amide bonds. The molecule has 0 aromatic carbocycles. The zero-order valence-electron chi connectivity index (χ0n) is 6.70. The Morgan fingerprint density at radius 1 is 0.643 bits per heavy atom. The van der Waals surface area contributed by atoms with Gasteiger partial charge in [-0.25, -0.2) is 9.13 Å². The second kappa shape index (κ2) is 15.2. The summed E-state index contributed by atoms with van der Waals surface area (Å²) in [6, 6.07) is 0. The van der Waals surface area contributed by atoms with E-state index in [4.69, 9.17) is 38.5 Å². The summed E-state index contributed by atoms with van der Waals surface area (Å²) in [5, 5.41) is 0. The van der Waals surface area contributed by atoms with Gasteiger partial charge in [0, 0.05) is 39.0 Å². The van der Waals surface area contributed by atoms with Gasteiger partial charge in [0.1, 0.15) is 0 Å². The van der Waals surface area contributed by atoms with E-state index in [0.717, 1.165) is 0 Å². The number of rotatable bonds is 0. The molecule has 0 heterocycles. The molecule has 14 heavy (non-hydrogen) atoms. The summed E-state index contributed by atoms with van der Waals surface area (Å²) in [6.07, 6.45) is 0. The van der Waals surface area contributed by atoms with Gasteiger partial charge in [-0.05, 0) is 0 Å². The molecular weight excluding hydrogens is 385 g/mol. The van der Waals surface area contributed by atoms with E-state index in [1.165, 1.54) is 0 Å². The minimum atomic E-state index is -4.64. The standard InChI is InChI=1S/2H3O4P.H2S2.2Zn/c2*1-5(2,3)4;1-2;;/h2*(H3,1,2,3,4);1-2H;;. The van der Waals surface area contributed by atoms with E-state index in [0.29, 0.717) is 0 Å². The fourth-order valence-corrected chi connectivity index (χ4v) is 0. The first-order valence-electron chi connectivity index (χ1n) is 1.77. The van der Waals surface area contributed by atoms with Crippen molar-refractivity contribution in [2.75, 3.05) is 0 Å². The molecule has 0 aliphatic rings. The molecule has 0 rings (SSSR count). The predicted molar refractivity (Wildman–Crippen MR) is 46.5 cm³/mol. The predicted octanol–water partition coefficient (Wildman–Crippen LogP) is -1.10. The number of phosphoric acid groups is 2. The maximum Gasteiger partial charge on any atom is 0.466 e. The van der Waals surface area contributed by atoms with Crippen molar-refractivity contribution in [3.63, 3.8) is 0 Å². The van der Waals surface area contributed by atoms with Gasteiger partial charge < -0.3 is 29.4 Å². The summed E-state index contributed by atoms with van der Waals surface area (Å²) < 4.78 is 17.8. The van der Waals surface area contributed by atoms with Gasteiger partial charge in [0.2, 0.25) is 0 Å². The zero-order chi connectivity index (χ0) is 11.0. The SMILES string of the molecule is O=P(O)(O)O.O=P(O)(O)O.SS.[Zn].[Zn]. The molecule has 0 radical (unpaired) electrons. The van der Waals surface area contributed by atoms with Crippen LogP contribution in [0.4, 0.5) is 0 Å². The molecule has 0 aromatic heterocycles. The Hall–Kier alpha value is 2.17. The van der Waals surface area contributed by atoms with E-state index in [9.17, 15) is 0 Å². The van der Waals surface area contributed by atoms with Gasteiger partial charge in [0.15, 0.2) is 0 Å². The summed E-state index contributed by atoms with van der Waals surface area (Å²) in [6.45, 7) is 0. The summed E-state index contributed by atoms with van der Waals surface area (Å²) in [5.74, 6) is 0. The molecule has 0 aliphatic heterocycles. The molecule has 0 saturated carbocycles. The molecule has 0 spiro atoms. The van der Waals surface area contributed by atoms with Gasteiger partial charge in [0.05, 0.1) is 0 Å².